The van der Waals surface area contributed by atoms with Gasteiger partial charge in [-0.1, -0.05) is 0 Å². The molecule has 1 aliphatic heterocycles. The Bertz CT molecular complexity index is 297. The molecule has 1 aromatic rings. The van der Waals surface area contributed by atoms with Crippen molar-refractivity contribution in [3.8, 4) is 0 Å². The highest BCUT2D eigenvalue weighted by Gasteiger charge is 2.11. The fraction of sp³-hybridized carbons (Fsp3) is 0.700. The van der Waals surface area contributed by atoms with Gasteiger partial charge in [0.05, 0.1) is 6.61 Å². The van der Waals surface area contributed by atoms with Crippen LogP contribution in [0.3, 0.4) is 0 Å². The summed E-state index contributed by atoms with van der Waals surface area (Å²) in [4.78, 5) is 8.12. The summed E-state index contributed by atoms with van der Waals surface area (Å²) in [6, 6.07) is 0. The van der Waals surface area contributed by atoms with Crippen LogP contribution >= 0.6 is 11.3 Å². The first-order valence-corrected chi connectivity index (χ1v) is 6.06. The maximum atomic E-state index is 5.06. The summed E-state index contributed by atoms with van der Waals surface area (Å²) in [6.45, 7) is 6.14. The number of thiazole rings is 1. The second-order valence-corrected chi connectivity index (χ2v) is 4.88. The second-order valence-electron chi connectivity index (χ2n) is 3.68. The average molecular weight is 227 g/mol. The molecule has 4 nitrogen and oxygen atoms in total. The van der Waals surface area contributed by atoms with Crippen molar-refractivity contribution in [2.75, 3.05) is 33.3 Å². The SMILES string of the molecule is COCc1ncc(CN2CCNCC2)s1. The van der Waals surface area contributed by atoms with E-state index < -0.39 is 0 Å². The fourth-order valence-corrected chi connectivity index (χ4v) is 2.64. The van der Waals surface area contributed by atoms with Crippen LogP contribution in [0.4, 0.5) is 0 Å². The Hall–Kier alpha value is -0.490. The molecule has 1 fully saturated rings. The number of methoxy groups -OCH3 is 1. The van der Waals surface area contributed by atoms with Gasteiger partial charge in [0.1, 0.15) is 5.01 Å². The lowest BCUT2D eigenvalue weighted by Gasteiger charge is -2.26. The Morgan fingerprint density at radius 2 is 2.33 bits per heavy atom. The molecule has 1 aliphatic rings. The third-order valence-electron chi connectivity index (χ3n) is 2.46. The average Bonchev–Trinajstić information content (AvgIpc) is 2.68. The maximum Gasteiger partial charge on any atom is 0.119 e. The number of aromatic nitrogens is 1. The number of hydrogen-bond acceptors (Lipinski definition) is 5. The summed E-state index contributed by atoms with van der Waals surface area (Å²) in [5, 5.41) is 4.42. The highest BCUT2D eigenvalue weighted by atomic mass is 32.1. The molecule has 0 unspecified atom stereocenters. The van der Waals surface area contributed by atoms with Crippen molar-refractivity contribution >= 4 is 11.3 Å². The van der Waals surface area contributed by atoms with Crippen LogP contribution in [0.1, 0.15) is 9.88 Å². The van der Waals surface area contributed by atoms with Crippen LogP contribution < -0.4 is 5.32 Å². The van der Waals surface area contributed by atoms with E-state index in [9.17, 15) is 0 Å². The lowest BCUT2D eigenvalue weighted by atomic mass is 10.3. The van der Waals surface area contributed by atoms with E-state index in [1.54, 1.807) is 18.4 Å². The first-order chi connectivity index (χ1) is 7.38. The first kappa shape index (κ1) is 11.0. The summed E-state index contributed by atoms with van der Waals surface area (Å²) < 4.78 is 5.06. The molecule has 1 saturated heterocycles. The minimum absolute atomic E-state index is 0.631. The predicted molar refractivity (Wildman–Crippen MR) is 61.0 cm³/mol. The number of hydrogen-bond donors (Lipinski definition) is 1. The molecule has 0 atom stereocenters. The van der Waals surface area contributed by atoms with Gasteiger partial charge in [-0.3, -0.25) is 4.90 Å². The molecular formula is C10H17N3OS. The highest BCUT2D eigenvalue weighted by molar-refractivity contribution is 7.11. The Morgan fingerprint density at radius 1 is 1.53 bits per heavy atom. The van der Waals surface area contributed by atoms with Gasteiger partial charge in [0.15, 0.2) is 0 Å². The zero-order valence-corrected chi connectivity index (χ0v) is 9.85. The first-order valence-electron chi connectivity index (χ1n) is 5.24. The minimum Gasteiger partial charge on any atom is -0.378 e. The smallest absolute Gasteiger partial charge is 0.119 e. The van der Waals surface area contributed by atoms with Gasteiger partial charge in [0.2, 0.25) is 0 Å². The molecule has 0 aliphatic carbocycles. The van der Waals surface area contributed by atoms with Crippen LogP contribution in [-0.4, -0.2) is 43.2 Å². The molecule has 84 valence electrons. The number of piperazine rings is 1. The molecule has 0 amide bonds. The summed E-state index contributed by atoms with van der Waals surface area (Å²) in [7, 11) is 1.71. The van der Waals surface area contributed by atoms with Gasteiger partial charge < -0.3 is 10.1 Å². The van der Waals surface area contributed by atoms with Crippen LogP contribution in [0.2, 0.25) is 0 Å². The number of nitrogens with zero attached hydrogens (tertiary/aromatic N) is 2. The summed E-state index contributed by atoms with van der Waals surface area (Å²) in [5.74, 6) is 0. The lowest BCUT2D eigenvalue weighted by Crippen LogP contribution is -2.42. The number of rotatable bonds is 4. The van der Waals surface area contributed by atoms with Crippen LogP contribution in [-0.2, 0) is 17.9 Å². The Balaban J connectivity index is 1.86. The van der Waals surface area contributed by atoms with Gasteiger partial charge in [-0.15, -0.1) is 11.3 Å². The highest BCUT2D eigenvalue weighted by Crippen LogP contribution is 2.15. The Kier molecular flexibility index (Phi) is 4.08. The van der Waals surface area contributed by atoms with Crippen LogP contribution in [0.5, 0.6) is 0 Å². The van der Waals surface area contributed by atoms with Crippen molar-refractivity contribution in [3.63, 3.8) is 0 Å². The zero-order chi connectivity index (χ0) is 10.5. The van der Waals surface area contributed by atoms with Crippen molar-refractivity contribution in [1.82, 2.24) is 15.2 Å². The molecule has 5 heteroatoms. The van der Waals surface area contributed by atoms with E-state index in [4.69, 9.17) is 4.74 Å². The largest absolute Gasteiger partial charge is 0.378 e. The van der Waals surface area contributed by atoms with Crippen molar-refractivity contribution in [2.45, 2.75) is 13.2 Å². The second kappa shape index (κ2) is 5.55. The fourth-order valence-electron chi connectivity index (χ4n) is 1.70. The maximum absolute atomic E-state index is 5.06. The van der Waals surface area contributed by atoms with Crippen molar-refractivity contribution in [3.05, 3.63) is 16.1 Å². The van der Waals surface area contributed by atoms with Gasteiger partial charge in [-0.25, -0.2) is 4.98 Å². The van der Waals surface area contributed by atoms with Crippen molar-refractivity contribution < 1.29 is 4.74 Å². The monoisotopic (exact) mass is 227 g/mol. The summed E-state index contributed by atoms with van der Waals surface area (Å²) in [6.07, 6.45) is 1.97. The van der Waals surface area contributed by atoms with Gasteiger partial charge in [0, 0.05) is 50.9 Å². The van der Waals surface area contributed by atoms with Gasteiger partial charge >= 0.3 is 0 Å². The van der Waals surface area contributed by atoms with E-state index in [1.807, 2.05) is 6.20 Å². The summed E-state index contributed by atoms with van der Waals surface area (Å²) >= 11 is 1.75. The molecule has 0 bridgehead atoms. The van der Waals surface area contributed by atoms with E-state index in [0.717, 1.165) is 37.7 Å². The molecule has 0 saturated carbocycles. The molecule has 15 heavy (non-hydrogen) atoms. The van der Waals surface area contributed by atoms with Crippen LogP contribution in [0.15, 0.2) is 6.20 Å². The van der Waals surface area contributed by atoms with E-state index in [1.165, 1.54) is 4.88 Å². The zero-order valence-electron chi connectivity index (χ0n) is 9.03. The van der Waals surface area contributed by atoms with Crippen molar-refractivity contribution in [1.29, 1.82) is 0 Å². The molecule has 1 aromatic heterocycles. The Morgan fingerprint density at radius 3 is 3.07 bits per heavy atom. The lowest BCUT2D eigenvalue weighted by molar-refractivity contribution is 0.184. The standard InChI is InChI=1S/C10H17N3OS/c1-14-8-10-12-6-9(15-10)7-13-4-2-11-3-5-13/h6,11H,2-5,7-8H2,1H3. The normalized spacial score (nSPS) is 18.2. The topological polar surface area (TPSA) is 37.4 Å². The molecule has 2 rings (SSSR count). The van der Waals surface area contributed by atoms with Crippen LogP contribution in [0.25, 0.3) is 0 Å². The third-order valence-corrected chi connectivity index (χ3v) is 3.41. The molecule has 2 heterocycles. The molecular weight excluding hydrogens is 210 g/mol. The predicted octanol–water partition coefficient (Wildman–Crippen LogP) is 0.695. The number of ether oxygens (including phenoxy) is 1. The van der Waals surface area contributed by atoms with Crippen molar-refractivity contribution in [2.24, 2.45) is 0 Å². The summed E-state index contributed by atoms with van der Waals surface area (Å²) in [5.41, 5.74) is 0. The van der Waals surface area contributed by atoms with Gasteiger partial charge in [-0.2, -0.15) is 0 Å². The van der Waals surface area contributed by atoms with E-state index in [2.05, 4.69) is 15.2 Å². The van der Waals surface area contributed by atoms with Gasteiger partial charge in [0.25, 0.3) is 0 Å². The van der Waals surface area contributed by atoms with E-state index >= 15 is 0 Å². The molecule has 0 radical (unpaired) electrons. The number of nitrogens with one attached hydrogen (secondary N) is 1. The Labute approximate surface area is 94.3 Å². The van der Waals surface area contributed by atoms with Gasteiger partial charge in [-0.05, 0) is 0 Å². The third kappa shape index (κ3) is 3.24. The molecule has 1 N–H and O–H groups in total. The molecule has 0 spiro atoms. The molecule has 0 aromatic carbocycles. The van der Waals surface area contributed by atoms with E-state index in [0.29, 0.717) is 6.61 Å². The minimum atomic E-state index is 0.631. The van der Waals surface area contributed by atoms with E-state index in [-0.39, 0.29) is 0 Å². The quantitative estimate of drug-likeness (QED) is 0.821. The van der Waals surface area contributed by atoms with Crippen LogP contribution in [0, 0.1) is 0 Å².